The Morgan fingerprint density at radius 2 is 1.72 bits per heavy atom. The predicted octanol–water partition coefficient (Wildman–Crippen LogP) is 0.145. The van der Waals surface area contributed by atoms with Crippen LogP contribution in [0.5, 0.6) is 0 Å². The summed E-state index contributed by atoms with van der Waals surface area (Å²) in [7, 11) is 0. The van der Waals surface area contributed by atoms with Gasteiger partial charge in [-0.2, -0.15) is 0 Å². The first-order chi connectivity index (χ1) is 8.83. The maximum absolute atomic E-state index is 6.20. The van der Waals surface area contributed by atoms with Crippen LogP contribution in [0.2, 0.25) is 0 Å². The van der Waals surface area contributed by atoms with Gasteiger partial charge in [0.15, 0.2) is 0 Å². The van der Waals surface area contributed by atoms with Gasteiger partial charge >= 0.3 is 6.48 Å². The van der Waals surface area contributed by atoms with Crippen molar-refractivity contribution >= 4 is 17.4 Å². The van der Waals surface area contributed by atoms with Crippen LogP contribution in [0, 0.1) is 6.92 Å². The standard InChI is InChI=1S/C15H18BNO/c1-13-7-5-6-10-15(13)16(17-11-12-18-16)14-8-3-2-4-9-14/h2-10H,11-12,17H2,1H3. The highest BCUT2D eigenvalue weighted by molar-refractivity contribution is 6.91. The summed E-state index contributed by atoms with van der Waals surface area (Å²) in [5, 5.41) is 2.36. The van der Waals surface area contributed by atoms with E-state index < -0.39 is 6.48 Å². The summed E-state index contributed by atoms with van der Waals surface area (Å²) in [6.45, 7) is 2.90. The molecule has 1 atom stereocenters. The van der Waals surface area contributed by atoms with Gasteiger partial charge in [0.05, 0.1) is 13.2 Å². The lowest BCUT2D eigenvalue weighted by Gasteiger charge is -2.32. The number of benzene rings is 2. The smallest absolute Gasteiger partial charge is 0.389 e. The van der Waals surface area contributed by atoms with E-state index in [1.54, 1.807) is 0 Å². The normalized spacial score (nSPS) is 23.2. The first kappa shape index (κ1) is 11.5. The number of rotatable bonds is 2. The number of hydrogen-bond donors (Lipinski definition) is 1. The molecule has 1 heterocycles. The molecule has 0 aromatic heterocycles. The van der Waals surface area contributed by atoms with E-state index in [0.717, 1.165) is 13.2 Å². The molecule has 1 aliphatic heterocycles. The molecule has 0 bridgehead atoms. The zero-order valence-corrected chi connectivity index (χ0v) is 10.7. The molecule has 0 radical (unpaired) electrons. The molecule has 1 aliphatic rings. The van der Waals surface area contributed by atoms with Gasteiger partial charge in [-0.25, -0.2) is 0 Å². The largest absolute Gasteiger partial charge is 0.528 e. The van der Waals surface area contributed by atoms with Crippen molar-refractivity contribution in [2.75, 3.05) is 13.2 Å². The van der Waals surface area contributed by atoms with E-state index in [1.807, 2.05) is 0 Å². The molecule has 2 nitrogen and oxygen atoms in total. The van der Waals surface area contributed by atoms with Crippen LogP contribution in [0.15, 0.2) is 54.6 Å². The number of nitrogens with two attached hydrogens (primary N) is 1. The van der Waals surface area contributed by atoms with Crippen LogP contribution in [0.1, 0.15) is 5.56 Å². The molecule has 3 heteroatoms. The molecule has 0 spiro atoms. The molecule has 0 aliphatic carbocycles. The second kappa shape index (κ2) is 4.60. The Labute approximate surface area is 108 Å². The minimum absolute atomic E-state index is 0.823. The monoisotopic (exact) mass is 239 g/mol. The maximum Gasteiger partial charge on any atom is 0.389 e. The van der Waals surface area contributed by atoms with Crippen molar-refractivity contribution in [1.82, 2.24) is 0 Å². The highest BCUT2D eigenvalue weighted by Crippen LogP contribution is 2.06. The van der Waals surface area contributed by atoms with Crippen LogP contribution in [0.25, 0.3) is 0 Å². The molecular weight excluding hydrogens is 221 g/mol. The van der Waals surface area contributed by atoms with E-state index in [4.69, 9.17) is 4.65 Å². The molecular formula is C15H18BNO. The van der Waals surface area contributed by atoms with Crippen molar-refractivity contribution in [1.29, 1.82) is 0 Å². The lowest BCUT2D eigenvalue weighted by molar-refractivity contribution is -0.514. The topological polar surface area (TPSA) is 25.8 Å². The zero-order valence-electron chi connectivity index (χ0n) is 10.7. The fourth-order valence-electron chi connectivity index (χ4n) is 3.06. The molecule has 1 unspecified atom stereocenters. The molecule has 0 amide bonds. The molecule has 92 valence electrons. The fourth-order valence-corrected chi connectivity index (χ4v) is 3.06. The van der Waals surface area contributed by atoms with Crippen LogP contribution in [0.4, 0.5) is 0 Å². The van der Waals surface area contributed by atoms with Gasteiger partial charge in [-0.15, -0.1) is 10.9 Å². The predicted molar refractivity (Wildman–Crippen MR) is 75.4 cm³/mol. The summed E-state index contributed by atoms with van der Waals surface area (Å²) >= 11 is 0. The van der Waals surface area contributed by atoms with Crippen LogP contribution < -0.4 is 16.2 Å². The zero-order chi connectivity index (χ0) is 12.4. The maximum atomic E-state index is 6.20. The quantitative estimate of drug-likeness (QED) is 0.741. The van der Waals surface area contributed by atoms with E-state index >= 15 is 0 Å². The minimum atomic E-state index is -1.12. The number of aryl methyl sites for hydroxylation is 1. The molecule has 1 fully saturated rings. The van der Waals surface area contributed by atoms with Gasteiger partial charge in [0.2, 0.25) is 0 Å². The summed E-state index contributed by atoms with van der Waals surface area (Å²) in [4.78, 5) is 0. The summed E-state index contributed by atoms with van der Waals surface area (Å²) < 4.78 is 6.20. The van der Waals surface area contributed by atoms with Crippen LogP contribution in [-0.4, -0.2) is 19.6 Å². The van der Waals surface area contributed by atoms with Crippen LogP contribution in [-0.2, 0) is 4.65 Å². The van der Waals surface area contributed by atoms with Gasteiger partial charge in [0.25, 0.3) is 0 Å². The van der Waals surface area contributed by atoms with Gasteiger partial charge in [-0.3, -0.25) is 0 Å². The lowest BCUT2D eigenvalue weighted by Crippen LogP contribution is -3.05. The van der Waals surface area contributed by atoms with Crippen molar-refractivity contribution in [2.45, 2.75) is 6.92 Å². The van der Waals surface area contributed by atoms with Gasteiger partial charge in [-0.05, 0) is 6.92 Å². The lowest BCUT2D eigenvalue weighted by atomic mass is 9.41. The van der Waals surface area contributed by atoms with Crippen molar-refractivity contribution in [3.8, 4) is 0 Å². The minimum Gasteiger partial charge on any atom is -0.528 e. The van der Waals surface area contributed by atoms with E-state index in [1.165, 1.54) is 16.5 Å². The third kappa shape index (κ3) is 1.76. The van der Waals surface area contributed by atoms with E-state index in [2.05, 4.69) is 66.7 Å². The molecule has 1 saturated heterocycles. The van der Waals surface area contributed by atoms with Gasteiger partial charge < -0.3 is 9.88 Å². The van der Waals surface area contributed by atoms with Gasteiger partial charge in [-0.1, -0.05) is 60.2 Å². The molecule has 2 aromatic rings. The first-order valence-electron chi connectivity index (χ1n) is 6.58. The second-order valence-electron chi connectivity index (χ2n) is 5.01. The summed E-state index contributed by atoms with van der Waals surface area (Å²) in [6, 6.07) is 19.1. The number of hydrogen-bond acceptors (Lipinski definition) is 1. The molecule has 3 rings (SSSR count). The highest BCUT2D eigenvalue weighted by atomic mass is 16.5. The first-order valence-corrected chi connectivity index (χ1v) is 6.58. The molecule has 2 aromatic carbocycles. The van der Waals surface area contributed by atoms with Crippen LogP contribution >= 0.6 is 0 Å². The fraction of sp³-hybridized carbons (Fsp3) is 0.200. The van der Waals surface area contributed by atoms with Crippen LogP contribution in [0.3, 0.4) is 0 Å². The molecule has 2 N–H and O–H groups in total. The third-order valence-corrected chi connectivity index (χ3v) is 3.94. The molecule has 0 saturated carbocycles. The Hall–Kier alpha value is -1.58. The Balaban J connectivity index is 2.16. The highest BCUT2D eigenvalue weighted by Gasteiger charge is 2.40. The average Bonchev–Trinajstić information content (AvgIpc) is 2.91. The van der Waals surface area contributed by atoms with Crippen molar-refractivity contribution < 1.29 is 9.88 Å². The van der Waals surface area contributed by atoms with Crippen molar-refractivity contribution in [2.24, 2.45) is 0 Å². The Morgan fingerprint density at radius 3 is 2.39 bits per heavy atom. The van der Waals surface area contributed by atoms with Crippen molar-refractivity contribution in [3.63, 3.8) is 0 Å². The van der Waals surface area contributed by atoms with E-state index in [-0.39, 0.29) is 0 Å². The second-order valence-corrected chi connectivity index (χ2v) is 5.01. The summed E-state index contributed by atoms with van der Waals surface area (Å²) in [5.41, 5.74) is 3.91. The summed E-state index contributed by atoms with van der Waals surface area (Å²) in [5.74, 6) is 0. The molecule has 18 heavy (non-hydrogen) atoms. The Morgan fingerprint density at radius 1 is 1.00 bits per heavy atom. The summed E-state index contributed by atoms with van der Waals surface area (Å²) in [6.07, 6.45) is 0. The average molecular weight is 239 g/mol. The van der Waals surface area contributed by atoms with Gasteiger partial charge in [0.1, 0.15) is 0 Å². The van der Waals surface area contributed by atoms with E-state index in [9.17, 15) is 0 Å². The Kier molecular flexibility index (Phi) is 2.94. The third-order valence-electron chi connectivity index (χ3n) is 3.94. The number of quaternary nitrogens is 1. The Bertz CT molecular complexity index is 535. The van der Waals surface area contributed by atoms with Crippen molar-refractivity contribution in [3.05, 3.63) is 60.2 Å². The SMILES string of the molecule is Cc1ccccc1[B-]1(c2ccccc2)[NH2+]CCO1. The van der Waals surface area contributed by atoms with Gasteiger partial charge in [0, 0.05) is 0 Å². The van der Waals surface area contributed by atoms with E-state index in [0.29, 0.717) is 0 Å².